The van der Waals surface area contributed by atoms with E-state index in [-0.39, 0.29) is 17.9 Å². The van der Waals surface area contributed by atoms with Crippen LogP contribution in [0.2, 0.25) is 5.02 Å². The summed E-state index contributed by atoms with van der Waals surface area (Å²) in [5.74, 6) is 1.07. The number of benzene rings is 2. The van der Waals surface area contributed by atoms with Crippen LogP contribution in [-0.4, -0.2) is 28.9 Å². The Labute approximate surface area is 163 Å². The minimum Gasteiger partial charge on any atom is -0.440 e. The van der Waals surface area contributed by atoms with Crippen molar-refractivity contribution in [3.63, 3.8) is 0 Å². The number of piperidine rings is 1. The molecule has 1 saturated heterocycles. The Morgan fingerprint density at radius 3 is 2.70 bits per heavy atom. The van der Waals surface area contributed by atoms with E-state index >= 15 is 0 Å². The van der Waals surface area contributed by atoms with Crippen LogP contribution in [0, 0.1) is 0 Å². The molecule has 1 fully saturated rings. The lowest BCUT2D eigenvalue weighted by atomic mass is 9.96. The Morgan fingerprint density at radius 1 is 1.22 bits per heavy atom. The minimum atomic E-state index is -0.266. The monoisotopic (exact) mass is 383 g/mol. The predicted molar refractivity (Wildman–Crippen MR) is 106 cm³/mol. The van der Waals surface area contributed by atoms with Crippen LogP contribution in [0.1, 0.15) is 42.7 Å². The number of oxazole rings is 1. The van der Waals surface area contributed by atoms with Gasteiger partial charge in [0.1, 0.15) is 5.52 Å². The molecular weight excluding hydrogens is 362 g/mol. The normalized spacial score (nSPS) is 16.6. The van der Waals surface area contributed by atoms with Crippen LogP contribution in [0.3, 0.4) is 0 Å². The first kappa shape index (κ1) is 18.0. The molecule has 1 amide bonds. The van der Waals surface area contributed by atoms with E-state index in [0.29, 0.717) is 24.5 Å². The summed E-state index contributed by atoms with van der Waals surface area (Å²) in [5, 5.41) is 0.650. The second-order valence-corrected chi connectivity index (χ2v) is 7.48. The van der Waals surface area contributed by atoms with Gasteiger partial charge in [0.05, 0.1) is 0 Å². The average molecular weight is 384 g/mol. The molecule has 27 heavy (non-hydrogen) atoms. The fourth-order valence-corrected chi connectivity index (χ4v) is 3.77. The highest BCUT2D eigenvalue weighted by Gasteiger charge is 2.27. The first-order valence-corrected chi connectivity index (χ1v) is 9.62. The molecule has 0 aliphatic carbocycles. The van der Waals surface area contributed by atoms with Gasteiger partial charge in [0, 0.05) is 36.5 Å². The second-order valence-electron chi connectivity index (χ2n) is 7.04. The fourth-order valence-electron chi connectivity index (χ4n) is 3.60. The highest BCUT2D eigenvalue weighted by Crippen LogP contribution is 2.31. The van der Waals surface area contributed by atoms with E-state index in [0.717, 1.165) is 35.4 Å². The molecule has 6 heteroatoms. The van der Waals surface area contributed by atoms with Gasteiger partial charge in [-0.2, -0.15) is 0 Å². The molecule has 1 aliphatic rings. The number of aromatic nitrogens is 1. The zero-order chi connectivity index (χ0) is 18.8. The average Bonchev–Trinajstić information content (AvgIpc) is 3.12. The van der Waals surface area contributed by atoms with E-state index in [4.69, 9.17) is 21.8 Å². The number of hydrogen-bond acceptors (Lipinski definition) is 4. The first-order valence-electron chi connectivity index (χ1n) is 9.24. The lowest BCUT2D eigenvalue weighted by Crippen LogP contribution is -2.39. The largest absolute Gasteiger partial charge is 0.440 e. The maximum atomic E-state index is 12.6. The van der Waals surface area contributed by atoms with Crippen LogP contribution >= 0.6 is 11.6 Å². The van der Waals surface area contributed by atoms with Crippen LogP contribution in [0.5, 0.6) is 0 Å². The second kappa shape index (κ2) is 7.71. The summed E-state index contributed by atoms with van der Waals surface area (Å²) >= 11 is 6.02. The van der Waals surface area contributed by atoms with Crippen molar-refractivity contribution in [1.29, 1.82) is 0 Å². The molecule has 1 atom stereocenters. The van der Waals surface area contributed by atoms with Crippen LogP contribution in [0.4, 0.5) is 0 Å². The summed E-state index contributed by atoms with van der Waals surface area (Å²) in [7, 11) is 0. The van der Waals surface area contributed by atoms with Crippen molar-refractivity contribution < 1.29 is 9.21 Å². The molecule has 1 unspecified atom stereocenters. The molecule has 3 aromatic rings. The smallest absolute Gasteiger partial charge is 0.224 e. The summed E-state index contributed by atoms with van der Waals surface area (Å²) in [6.45, 7) is 1.40. The number of nitrogens with zero attached hydrogens (tertiary/aromatic N) is 2. The highest BCUT2D eigenvalue weighted by atomic mass is 35.5. The molecule has 1 aliphatic heterocycles. The number of likely N-dealkylation sites (tertiary alicyclic amines) is 1. The van der Waals surface area contributed by atoms with Crippen molar-refractivity contribution in [2.45, 2.75) is 31.2 Å². The first-order chi connectivity index (χ1) is 13.1. The summed E-state index contributed by atoms with van der Waals surface area (Å²) < 4.78 is 5.89. The molecule has 0 spiro atoms. The maximum absolute atomic E-state index is 12.6. The van der Waals surface area contributed by atoms with Gasteiger partial charge < -0.3 is 15.1 Å². The summed E-state index contributed by atoms with van der Waals surface area (Å²) in [6, 6.07) is 15.0. The molecule has 140 valence electrons. The van der Waals surface area contributed by atoms with Gasteiger partial charge >= 0.3 is 0 Å². The van der Waals surface area contributed by atoms with E-state index < -0.39 is 0 Å². The van der Waals surface area contributed by atoms with E-state index in [1.54, 1.807) is 6.07 Å². The number of hydrogen-bond donors (Lipinski definition) is 1. The summed E-state index contributed by atoms with van der Waals surface area (Å²) in [6.07, 6.45) is 2.01. The molecule has 0 radical (unpaired) electrons. The molecule has 2 heterocycles. The van der Waals surface area contributed by atoms with E-state index in [9.17, 15) is 4.79 Å². The van der Waals surface area contributed by atoms with Crippen molar-refractivity contribution in [1.82, 2.24) is 9.88 Å². The number of nitrogens with two attached hydrogens (primary N) is 1. The molecule has 5 nitrogen and oxygen atoms in total. The van der Waals surface area contributed by atoms with Gasteiger partial charge in [0.25, 0.3) is 0 Å². The van der Waals surface area contributed by atoms with Gasteiger partial charge in [-0.3, -0.25) is 4.79 Å². The number of carbonyl (C=O) groups excluding carboxylic acids is 1. The fraction of sp³-hybridized carbons (Fsp3) is 0.333. The minimum absolute atomic E-state index is 0.106. The van der Waals surface area contributed by atoms with Gasteiger partial charge in [0.2, 0.25) is 5.91 Å². The van der Waals surface area contributed by atoms with Crippen molar-refractivity contribution >= 4 is 28.6 Å². The van der Waals surface area contributed by atoms with Gasteiger partial charge in [-0.1, -0.05) is 41.9 Å². The Hall–Kier alpha value is -2.37. The van der Waals surface area contributed by atoms with E-state index in [1.165, 1.54) is 0 Å². The van der Waals surface area contributed by atoms with Crippen molar-refractivity contribution in [3.05, 3.63) is 65.0 Å². The molecule has 4 rings (SSSR count). The van der Waals surface area contributed by atoms with Crippen molar-refractivity contribution in [3.8, 4) is 0 Å². The Morgan fingerprint density at radius 2 is 1.96 bits per heavy atom. The molecule has 0 saturated carbocycles. The van der Waals surface area contributed by atoms with Gasteiger partial charge in [0.15, 0.2) is 11.5 Å². The zero-order valence-electron chi connectivity index (χ0n) is 15.0. The van der Waals surface area contributed by atoms with Crippen LogP contribution < -0.4 is 5.73 Å². The lowest BCUT2D eigenvalue weighted by Gasteiger charge is -2.31. The number of carbonyl (C=O) groups is 1. The van der Waals surface area contributed by atoms with Gasteiger partial charge in [-0.15, -0.1) is 0 Å². The van der Waals surface area contributed by atoms with Crippen molar-refractivity contribution in [2.24, 2.45) is 5.73 Å². The Bertz CT molecular complexity index is 933. The molecule has 2 N–H and O–H groups in total. The third-order valence-electron chi connectivity index (χ3n) is 5.19. The third kappa shape index (κ3) is 3.99. The number of amides is 1. The van der Waals surface area contributed by atoms with E-state index in [1.807, 2.05) is 47.4 Å². The van der Waals surface area contributed by atoms with Gasteiger partial charge in [-0.25, -0.2) is 4.98 Å². The van der Waals surface area contributed by atoms with Crippen LogP contribution in [-0.2, 0) is 4.79 Å². The van der Waals surface area contributed by atoms with E-state index in [2.05, 4.69) is 4.98 Å². The zero-order valence-corrected chi connectivity index (χ0v) is 15.7. The summed E-state index contributed by atoms with van der Waals surface area (Å²) in [4.78, 5) is 19.1. The number of halogens is 1. The molecule has 2 aromatic carbocycles. The van der Waals surface area contributed by atoms with Gasteiger partial charge in [-0.05, 0) is 36.6 Å². The quantitative estimate of drug-likeness (QED) is 0.729. The number of fused-ring (bicyclic) bond motifs is 1. The SMILES string of the molecule is NC(CC(=O)N1CCC(c2nc3cc(Cl)ccc3o2)CC1)c1ccccc1. The Balaban J connectivity index is 1.36. The summed E-state index contributed by atoms with van der Waals surface area (Å²) in [5.41, 5.74) is 8.72. The standard InChI is InChI=1S/C21H22ClN3O2/c22-16-6-7-19-18(12-16)24-21(27-19)15-8-10-25(11-9-15)20(26)13-17(23)14-4-2-1-3-5-14/h1-7,12,15,17H,8-11,13,23H2. The molecule has 1 aromatic heterocycles. The third-order valence-corrected chi connectivity index (χ3v) is 5.42. The maximum Gasteiger partial charge on any atom is 0.224 e. The lowest BCUT2D eigenvalue weighted by molar-refractivity contribution is -0.132. The predicted octanol–water partition coefficient (Wildman–Crippen LogP) is 4.28. The topological polar surface area (TPSA) is 72.4 Å². The number of rotatable bonds is 4. The van der Waals surface area contributed by atoms with Crippen LogP contribution in [0.25, 0.3) is 11.1 Å². The molecule has 0 bridgehead atoms. The Kier molecular flexibility index (Phi) is 5.14. The molecular formula is C21H22ClN3O2. The highest BCUT2D eigenvalue weighted by molar-refractivity contribution is 6.31. The van der Waals surface area contributed by atoms with Crippen LogP contribution in [0.15, 0.2) is 52.9 Å². The van der Waals surface area contributed by atoms with Crippen molar-refractivity contribution in [2.75, 3.05) is 13.1 Å².